The standard InChI is InChI=1S/C23H26F2O2/c1-15(2)23-13-21(26-14-17-6-4-5-7-20(17)25)22(3,27-23)12-19(23)16-8-10-18(24)11-9-16/h4-11,15,19,21H,12-14H2,1-3H3/t19?,21-,22+,23-/m1/s1. The largest absolute Gasteiger partial charge is 0.370 e. The fourth-order valence-electron chi connectivity index (χ4n) is 4.90. The summed E-state index contributed by atoms with van der Waals surface area (Å²) in [5, 5.41) is 0. The molecule has 4 rings (SSSR count). The first kappa shape index (κ1) is 18.6. The molecule has 4 heteroatoms. The van der Waals surface area contributed by atoms with Crippen molar-refractivity contribution < 1.29 is 18.3 Å². The molecule has 4 atom stereocenters. The summed E-state index contributed by atoms with van der Waals surface area (Å²) in [5.74, 6) is 0.0288. The Kier molecular flexibility index (Phi) is 4.59. The van der Waals surface area contributed by atoms with E-state index in [1.807, 2.05) is 18.2 Å². The number of rotatable bonds is 5. The molecule has 0 amide bonds. The molecule has 2 heterocycles. The van der Waals surface area contributed by atoms with Crippen molar-refractivity contribution in [1.29, 1.82) is 0 Å². The van der Waals surface area contributed by atoms with E-state index >= 15 is 0 Å². The van der Waals surface area contributed by atoms with Gasteiger partial charge in [-0.3, -0.25) is 0 Å². The van der Waals surface area contributed by atoms with Gasteiger partial charge in [0.25, 0.3) is 0 Å². The number of benzene rings is 2. The van der Waals surface area contributed by atoms with Gasteiger partial charge in [0.05, 0.1) is 23.9 Å². The lowest BCUT2D eigenvalue weighted by atomic mass is 9.66. The summed E-state index contributed by atoms with van der Waals surface area (Å²) in [4.78, 5) is 0. The topological polar surface area (TPSA) is 18.5 Å². The average Bonchev–Trinajstić information content (AvgIpc) is 3.11. The molecule has 2 fully saturated rings. The summed E-state index contributed by atoms with van der Waals surface area (Å²) in [6.45, 7) is 6.67. The van der Waals surface area contributed by atoms with E-state index in [1.54, 1.807) is 12.1 Å². The maximum atomic E-state index is 13.9. The summed E-state index contributed by atoms with van der Waals surface area (Å²) in [7, 11) is 0. The van der Waals surface area contributed by atoms with Gasteiger partial charge >= 0.3 is 0 Å². The highest BCUT2D eigenvalue weighted by molar-refractivity contribution is 5.31. The van der Waals surface area contributed by atoms with Crippen molar-refractivity contribution in [1.82, 2.24) is 0 Å². The molecule has 0 saturated carbocycles. The van der Waals surface area contributed by atoms with Gasteiger partial charge in [-0.05, 0) is 43.0 Å². The Labute approximate surface area is 159 Å². The van der Waals surface area contributed by atoms with Gasteiger partial charge in [-0.15, -0.1) is 0 Å². The third kappa shape index (κ3) is 3.09. The second-order valence-electron chi connectivity index (χ2n) is 8.43. The maximum Gasteiger partial charge on any atom is 0.128 e. The van der Waals surface area contributed by atoms with Crippen LogP contribution in [0.3, 0.4) is 0 Å². The monoisotopic (exact) mass is 372 g/mol. The van der Waals surface area contributed by atoms with Crippen LogP contribution in [0.4, 0.5) is 8.78 Å². The van der Waals surface area contributed by atoms with Crippen LogP contribution in [-0.2, 0) is 16.1 Å². The van der Waals surface area contributed by atoms with Crippen molar-refractivity contribution in [3.8, 4) is 0 Å². The van der Waals surface area contributed by atoms with Crippen molar-refractivity contribution in [2.24, 2.45) is 5.92 Å². The Morgan fingerprint density at radius 3 is 2.44 bits per heavy atom. The summed E-state index contributed by atoms with van der Waals surface area (Å²) < 4.78 is 40.1. The molecular weight excluding hydrogens is 346 g/mol. The van der Waals surface area contributed by atoms with E-state index in [1.165, 1.54) is 18.2 Å². The van der Waals surface area contributed by atoms with Crippen molar-refractivity contribution in [3.63, 3.8) is 0 Å². The van der Waals surface area contributed by atoms with Crippen molar-refractivity contribution in [3.05, 3.63) is 71.3 Å². The lowest BCUT2D eigenvalue weighted by molar-refractivity contribution is -0.0974. The zero-order valence-corrected chi connectivity index (χ0v) is 16.0. The number of ether oxygens (including phenoxy) is 2. The van der Waals surface area contributed by atoms with Gasteiger partial charge in [-0.1, -0.05) is 44.2 Å². The molecule has 0 aliphatic carbocycles. The second kappa shape index (κ2) is 6.68. The highest BCUT2D eigenvalue weighted by atomic mass is 19.1. The SMILES string of the molecule is CC(C)[C@]12C[C@@H](OCc3ccccc3F)[C@](C)(CC1c1ccc(F)cc1)O2. The van der Waals surface area contributed by atoms with Gasteiger partial charge < -0.3 is 9.47 Å². The van der Waals surface area contributed by atoms with E-state index in [-0.39, 0.29) is 41.8 Å². The molecule has 144 valence electrons. The summed E-state index contributed by atoms with van der Waals surface area (Å²) >= 11 is 0. The molecule has 0 N–H and O–H groups in total. The smallest absolute Gasteiger partial charge is 0.128 e. The number of fused-ring (bicyclic) bond motifs is 2. The van der Waals surface area contributed by atoms with E-state index in [0.717, 1.165) is 18.4 Å². The molecule has 0 spiro atoms. The lowest BCUT2D eigenvalue weighted by Crippen LogP contribution is -2.43. The van der Waals surface area contributed by atoms with E-state index in [0.29, 0.717) is 5.56 Å². The average molecular weight is 372 g/mol. The highest BCUT2D eigenvalue weighted by Crippen LogP contribution is 2.61. The van der Waals surface area contributed by atoms with E-state index < -0.39 is 5.60 Å². The van der Waals surface area contributed by atoms with Crippen LogP contribution in [0.5, 0.6) is 0 Å². The first-order chi connectivity index (χ1) is 12.8. The van der Waals surface area contributed by atoms with Crippen LogP contribution in [0.2, 0.25) is 0 Å². The van der Waals surface area contributed by atoms with Crippen LogP contribution in [0.1, 0.15) is 50.7 Å². The molecule has 2 aromatic rings. The van der Waals surface area contributed by atoms with Crippen LogP contribution in [0.25, 0.3) is 0 Å². The predicted molar refractivity (Wildman–Crippen MR) is 100 cm³/mol. The number of hydrogen-bond donors (Lipinski definition) is 0. The minimum atomic E-state index is -0.422. The van der Waals surface area contributed by atoms with Crippen LogP contribution < -0.4 is 0 Å². The Morgan fingerprint density at radius 1 is 1.07 bits per heavy atom. The quantitative estimate of drug-likeness (QED) is 0.679. The zero-order chi connectivity index (χ0) is 19.2. The molecule has 0 aromatic heterocycles. The van der Waals surface area contributed by atoms with E-state index in [2.05, 4.69) is 20.8 Å². The van der Waals surface area contributed by atoms with Gasteiger partial charge in [0.1, 0.15) is 11.6 Å². The van der Waals surface area contributed by atoms with Gasteiger partial charge in [0.2, 0.25) is 0 Å². The van der Waals surface area contributed by atoms with Crippen molar-refractivity contribution >= 4 is 0 Å². The number of halogens is 2. The minimum Gasteiger partial charge on any atom is -0.370 e. The molecule has 2 bridgehead atoms. The minimum absolute atomic E-state index is 0.0868. The zero-order valence-electron chi connectivity index (χ0n) is 16.0. The second-order valence-corrected chi connectivity index (χ2v) is 8.43. The van der Waals surface area contributed by atoms with Crippen LogP contribution in [0.15, 0.2) is 48.5 Å². The van der Waals surface area contributed by atoms with Gasteiger partial charge in [0, 0.05) is 17.9 Å². The van der Waals surface area contributed by atoms with Gasteiger partial charge in [-0.2, -0.15) is 0 Å². The Bertz CT molecular complexity index is 819. The van der Waals surface area contributed by atoms with Gasteiger partial charge in [-0.25, -0.2) is 8.78 Å². The summed E-state index contributed by atoms with van der Waals surface area (Å²) in [5.41, 5.74) is 0.917. The Morgan fingerprint density at radius 2 is 1.78 bits per heavy atom. The Balaban J connectivity index is 1.56. The number of hydrogen-bond acceptors (Lipinski definition) is 2. The molecule has 27 heavy (non-hydrogen) atoms. The molecule has 2 aliphatic rings. The molecular formula is C23H26F2O2. The van der Waals surface area contributed by atoms with Crippen molar-refractivity contribution in [2.45, 2.75) is 63.4 Å². The Hall–Kier alpha value is -1.78. The highest BCUT2D eigenvalue weighted by Gasteiger charge is 2.65. The predicted octanol–water partition coefficient (Wildman–Crippen LogP) is 5.61. The van der Waals surface area contributed by atoms with Gasteiger partial charge in [0.15, 0.2) is 0 Å². The van der Waals surface area contributed by atoms with Crippen molar-refractivity contribution in [2.75, 3.05) is 0 Å². The first-order valence-corrected chi connectivity index (χ1v) is 9.65. The molecule has 2 aromatic carbocycles. The lowest BCUT2D eigenvalue weighted by Gasteiger charge is -2.39. The fraction of sp³-hybridized carbons (Fsp3) is 0.478. The molecule has 2 aliphatic heterocycles. The molecule has 2 saturated heterocycles. The van der Waals surface area contributed by atoms with Crippen LogP contribution in [0, 0.1) is 17.6 Å². The van der Waals surface area contributed by atoms with E-state index in [4.69, 9.17) is 9.47 Å². The summed E-state index contributed by atoms with van der Waals surface area (Å²) in [6, 6.07) is 13.5. The third-order valence-electron chi connectivity index (χ3n) is 6.46. The summed E-state index contributed by atoms with van der Waals surface area (Å²) in [6.07, 6.45) is 1.49. The first-order valence-electron chi connectivity index (χ1n) is 9.65. The molecule has 1 unspecified atom stereocenters. The van der Waals surface area contributed by atoms with Crippen LogP contribution in [-0.4, -0.2) is 17.3 Å². The maximum absolute atomic E-state index is 13.9. The fourth-order valence-corrected chi connectivity index (χ4v) is 4.90. The third-order valence-corrected chi connectivity index (χ3v) is 6.46. The van der Waals surface area contributed by atoms with Crippen LogP contribution >= 0.6 is 0 Å². The van der Waals surface area contributed by atoms with E-state index in [9.17, 15) is 8.78 Å². The molecule has 0 radical (unpaired) electrons. The molecule has 2 nitrogen and oxygen atoms in total. The normalized spacial score (nSPS) is 32.4.